The molecule has 8 heteroatoms. The van der Waals surface area contributed by atoms with Gasteiger partial charge in [-0.3, -0.25) is 0 Å². The summed E-state index contributed by atoms with van der Waals surface area (Å²) in [5.74, 6) is 1.07. The van der Waals surface area contributed by atoms with E-state index < -0.39 is 12.2 Å². The number of hydrogen-bond donors (Lipinski definition) is 1. The zero-order valence-electron chi connectivity index (χ0n) is 11.4. The maximum atomic E-state index is 10.7. The van der Waals surface area contributed by atoms with Gasteiger partial charge >= 0.3 is 6.09 Å². The monoisotopic (exact) mass is 290 g/mol. The number of nitrogens with two attached hydrogens (primary N) is 1. The van der Waals surface area contributed by atoms with E-state index in [4.69, 9.17) is 19.7 Å². The Morgan fingerprint density at radius 1 is 1.52 bits per heavy atom. The highest BCUT2D eigenvalue weighted by Crippen LogP contribution is 2.28. The van der Waals surface area contributed by atoms with Crippen LogP contribution in [0, 0.1) is 0 Å². The van der Waals surface area contributed by atoms with E-state index in [1.807, 2.05) is 0 Å². The van der Waals surface area contributed by atoms with Crippen LogP contribution in [0.5, 0.6) is 5.88 Å². The molecule has 0 bridgehead atoms. The number of hydrogen-bond acceptors (Lipinski definition) is 7. The molecule has 0 aliphatic heterocycles. The predicted octanol–water partition coefficient (Wildman–Crippen LogP) is 1.83. The number of amides is 1. The summed E-state index contributed by atoms with van der Waals surface area (Å²) in [6.45, 7) is 1.59. The molecular weight excluding hydrogens is 276 g/mol. The Hall–Kier alpha value is -2.64. The van der Waals surface area contributed by atoms with E-state index in [2.05, 4.69) is 15.1 Å². The second-order valence-corrected chi connectivity index (χ2v) is 4.74. The molecule has 110 valence electrons. The van der Waals surface area contributed by atoms with E-state index in [1.165, 1.54) is 0 Å². The van der Waals surface area contributed by atoms with Gasteiger partial charge in [0.05, 0.1) is 0 Å². The summed E-state index contributed by atoms with van der Waals surface area (Å²) in [4.78, 5) is 19.0. The highest BCUT2D eigenvalue weighted by atomic mass is 16.6. The lowest BCUT2D eigenvalue weighted by Gasteiger charge is -2.05. The van der Waals surface area contributed by atoms with Gasteiger partial charge in [-0.15, -0.1) is 0 Å². The molecule has 0 aromatic carbocycles. The first-order chi connectivity index (χ1) is 10.1. The largest absolute Gasteiger partial charge is 0.474 e. The summed E-state index contributed by atoms with van der Waals surface area (Å²) in [7, 11) is 0. The second kappa shape index (κ2) is 5.39. The van der Waals surface area contributed by atoms with Crippen molar-refractivity contribution in [2.45, 2.75) is 32.0 Å². The Bertz CT molecular complexity index is 653. The van der Waals surface area contributed by atoms with Gasteiger partial charge in [-0.2, -0.15) is 4.98 Å². The number of primary amides is 1. The number of nitrogens with zero attached hydrogens (tertiary/aromatic N) is 3. The molecule has 3 rings (SSSR count). The summed E-state index contributed by atoms with van der Waals surface area (Å²) in [5.41, 5.74) is 5.66. The predicted molar refractivity (Wildman–Crippen MR) is 70.3 cm³/mol. The molecule has 1 fully saturated rings. The third-order valence-electron chi connectivity index (χ3n) is 2.89. The number of ether oxygens (including phenoxy) is 2. The van der Waals surface area contributed by atoms with E-state index in [9.17, 15) is 4.79 Å². The maximum Gasteiger partial charge on any atom is 0.405 e. The number of rotatable bonds is 5. The highest BCUT2D eigenvalue weighted by Gasteiger charge is 2.24. The smallest absolute Gasteiger partial charge is 0.405 e. The summed E-state index contributed by atoms with van der Waals surface area (Å²) in [5, 5.41) is 3.85. The van der Waals surface area contributed by atoms with Gasteiger partial charge in [-0.05, 0) is 25.8 Å². The summed E-state index contributed by atoms with van der Waals surface area (Å²) in [6, 6.07) is 3.49. The standard InChI is InChI=1S/C13H14N4O4/c1-7(19-13(14)18)12-16-11(17-21-12)8-4-5-15-10(6-8)20-9-2-3-9/h4-7,9H,2-3H2,1H3,(H2,14,18)/t7-/m0/s1. The van der Waals surface area contributed by atoms with E-state index in [1.54, 1.807) is 25.3 Å². The van der Waals surface area contributed by atoms with Crippen molar-refractivity contribution < 1.29 is 18.8 Å². The molecule has 1 amide bonds. The Balaban J connectivity index is 1.77. The lowest BCUT2D eigenvalue weighted by Crippen LogP contribution is -2.15. The molecule has 0 saturated heterocycles. The summed E-state index contributed by atoms with van der Waals surface area (Å²) in [6.07, 6.45) is 2.39. The van der Waals surface area contributed by atoms with Crippen LogP contribution in [0.4, 0.5) is 4.79 Å². The number of carbonyl (C=O) groups is 1. The van der Waals surface area contributed by atoms with Crippen LogP contribution in [-0.4, -0.2) is 27.3 Å². The third-order valence-corrected chi connectivity index (χ3v) is 2.89. The molecule has 1 atom stereocenters. The zero-order valence-corrected chi connectivity index (χ0v) is 11.4. The van der Waals surface area contributed by atoms with Crippen molar-refractivity contribution in [1.82, 2.24) is 15.1 Å². The van der Waals surface area contributed by atoms with Crippen LogP contribution in [0.15, 0.2) is 22.9 Å². The van der Waals surface area contributed by atoms with Crippen molar-refractivity contribution in [2.75, 3.05) is 0 Å². The van der Waals surface area contributed by atoms with E-state index in [-0.39, 0.29) is 12.0 Å². The van der Waals surface area contributed by atoms with E-state index in [0.29, 0.717) is 17.3 Å². The van der Waals surface area contributed by atoms with Gasteiger partial charge in [0.15, 0.2) is 6.10 Å². The Morgan fingerprint density at radius 3 is 3.05 bits per heavy atom. The third kappa shape index (κ3) is 3.28. The molecular formula is C13H14N4O4. The fourth-order valence-electron chi connectivity index (χ4n) is 1.71. The fourth-order valence-corrected chi connectivity index (χ4v) is 1.71. The van der Waals surface area contributed by atoms with Gasteiger partial charge < -0.3 is 19.7 Å². The lowest BCUT2D eigenvalue weighted by molar-refractivity contribution is 0.0959. The van der Waals surface area contributed by atoms with Crippen LogP contribution in [0.3, 0.4) is 0 Å². The van der Waals surface area contributed by atoms with Gasteiger partial charge in [0.25, 0.3) is 5.89 Å². The molecule has 2 aromatic rings. The number of carbonyl (C=O) groups excluding carboxylic acids is 1. The second-order valence-electron chi connectivity index (χ2n) is 4.74. The van der Waals surface area contributed by atoms with Crippen LogP contribution >= 0.6 is 0 Å². The van der Waals surface area contributed by atoms with Crippen LogP contribution in [0.2, 0.25) is 0 Å². The molecule has 2 heterocycles. The summed E-state index contributed by atoms with van der Waals surface area (Å²) < 4.78 is 15.4. The first kappa shape index (κ1) is 13.3. The molecule has 0 spiro atoms. The molecule has 1 aliphatic rings. The Kier molecular flexibility index (Phi) is 3.43. The van der Waals surface area contributed by atoms with Crippen LogP contribution in [-0.2, 0) is 4.74 Å². The van der Waals surface area contributed by atoms with Crippen molar-refractivity contribution in [1.29, 1.82) is 0 Å². The first-order valence-electron chi connectivity index (χ1n) is 6.54. The molecule has 1 saturated carbocycles. The number of pyridine rings is 1. The van der Waals surface area contributed by atoms with E-state index in [0.717, 1.165) is 12.8 Å². The van der Waals surface area contributed by atoms with Gasteiger partial charge in [-0.1, -0.05) is 5.16 Å². The normalized spacial score (nSPS) is 15.5. The Morgan fingerprint density at radius 2 is 2.33 bits per heavy atom. The highest BCUT2D eigenvalue weighted by molar-refractivity contribution is 5.64. The molecule has 0 unspecified atom stereocenters. The lowest BCUT2D eigenvalue weighted by atomic mass is 10.2. The van der Waals surface area contributed by atoms with Gasteiger partial charge in [0, 0.05) is 17.8 Å². The van der Waals surface area contributed by atoms with Crippen molar-refractivity contribution in [2.24, 2.45) is 5.73 Å². The molecule has 1 aliphatic carbocycles. The van der Waals surface area contributed by atoms with Crippen LogP contribution in [0.1, 0.15) is 31.8 Å². The molecule has 21 heavy (non-hydrogen) atoms. The summed E-state index contributed by atoms with van der Waals surface area (Å²) >= 11 is 0. The van der Waals surface area contributed by atoms with Gasteiger partial charge in [0.2, 0.25) is 11.7 Å². The zero-order chi connectivity index (χ0) is 14.8. The Labute approximate surface area is 120 Å². The number of aromatic nitrogens is 3. The topological polar surface area (TPSA) is 113 Å². The van der Waals surface area contributed by atoms with Crippen molar-refractivity contribution in [3.63, 3.8) is 0 Å². The maximum absolute atomic E-state index is 10.7. The van der Waals surface area contributed by atoms with E-state index >= 15 is 0 Å². The minimum absolute atomic E-state index is 0.172. The fraction of sp³-hybridized carbons (Fsp3) is 0.385. The average Bonchev–Trinajstić information content (AvgIpc) is 3.11. The van der Waals surface area contributed by atoms with Crippen molar-refractivity contribution in [3.8, 4) is 17.3 Å². The molecule has 2 N–H and O–H groups in total. The minimum atomic E-state index is -0.897. The van der Waals surface area contributed by atoms with Crippen molar-refractivity contribution in [3.05, 3.63) is 24.2 Å². The van der Waals surface area contributed by atoms with Gasteiger partial charge in [-0.25, -0.2) is 9.78 Å². The van der Waals surface area contributed by atoms with Gasteiger partial charge in [0.1, 0.15) is 6.10 Å². The molecule has 8 nitrogen and oxygen atoms in total. The van der Waals surface area contributed by atoms with Crippen LogP contribution in [0.25, 0.3) is 11.4 Å². The van der Waals surface area contributed by atoms with Crippen molar-refractivity contribution >= 4 is 6.09 Å². The minimum Gasteiger partial charge on any atom is -0.474 e. The SMILES string of the molecule is C[C@H](OC(N)=O)c1nc(-c2ccnc(OC3CC3)c2)no1. The molecule has 2 aromatic heterocycles. The quantitative estimate of drug-likeness (QED) is 0.893. The average molecular weight is 290 g/mol. The first-order valence-corrected chi connectivity index (χ1v) is 6.54. The van der Waals surface area contributed by atoms with Crippen LogP contribution < -0.4 is 10.5 Å². The molecule has 0 radical (unpaired) electrons.